The number of carbonyl (C=O) groups is 3. The van der Waals surface area contributed by atoms with Crippen LogP contribution in [0.1, 0.15) is 37.8 Å². The Labute approximate surface area is 201 Å². The van der Waals surface area contributed by atoms with Crippen molar-refractivity contribution in [2.45, 2.75) is 45.7 Å². The summed E-state index contributed by atoms with van der Waals surface area (Å²) in [6.45, 7) is 5.05. The van der Waals surface area contributed by atoms with Crippen LogP contribution in [0.5, 0.6) is 0 Å². The second-order valence-corrected chi connectivity index (χ2v) is 10.7. The van der Waals surface area contributed by atoms with Gasteiger partial charge in [-0.05, 0) is 24.8 Å². The Morgan fingerprint density at radius 1 is 1.06 bits per heavy atom. The van der Waals surface area contributed by atoms with Gasteiger partial charge in [-0.15, -0.1) is 0 Å². The minimum atomic E-state index is -0.503. The number of hydrogen-bond acceptors (Lipinski definition) is 4. The second-order valence-electron chi connectivity index (χ2n) is 9.49. The highest BCUT2D eigenvalue weighted by molar-refractivity contribution is 8.13. The Morgan fingerprint density at radius 2 is 1.67 bits per heavy atom. The summed E-state index contributed by atoms with van der Waals surface area (Å²) in [5.41, 5.74) is 2.28. The van der Waals surface area contributed by atoms with Crippen LogP contribution >= 0.6 is 11.8 Å². The summed E-state index contributed by atoms with van der Waals surface area (Å²) < 4.78 is 0.285. The van der Waals surface area contributed by atoms with Crippen LogP contribution in [0, 0.1) is 11.8 Å². The van der Waals surface area contributed by atoms with Crippen molar-refractivity contribution < 1.29 is 18.9 Å². The molecule has 1 aliphatic rings. The number of nitrogens with one attached hydrogen (secondary N) is 1. The predicted octanol–water partition coefficient (Wildman–Crippen LogP) is 4.21. The molecule has 6 heteroatoms. The first-order valence-electron chi connectivity index (χ1n) is 11.7. The maximum absolute atomic E-state index is 13.5. The largest absolute Gasteiger partial charge is 0.341 e. The van der Waals surface area contributed by atoms with Crippen molar-refractivity contribution in [3.05, 3.63) is 71.8 Å². The Balaban J connectivity index is 1.69. The van der Waals surface area contributed by atoms with Crippen LogP contribution in [0.2, 0.25) is 0 Å². The van der Waals surface area contributed by atoms with Gasteiger partial charge in [-0.3, -0.25) is 14.1 Å². The molecule has 5 nitrogen and oxygen atoms in total. The number of rotatable bonds is 9. The minimum absolute atomic E-state index is 0.00183. The average Bonchev–Trinajstić information content (AvgIpc) is 2.78. The van der Waals surface area contributed by atoms with Gasteiger partial charge >= 0.3 is 5.91 Å². The molecule has 0 spiro atoms. The number of likely N-dealkylation sites (N-methyl/N-ethyl adjacent to an activating group) is 1. The summed E-state index contributed by atoms with van der Waals surface area (Å²) in [7, 11) is 1.97. The van der Waals surface area contributed by atoms with Gasteiger partial charge in [-0.1, -0.05) is 79.3 Å². The quantitative estimate of drug-likeness (QED) is 0.561. The molecular weight excluding hydrogens is 432 g/mol. The predicted molar refractivity (Wildman–Crippen MR) is 133 cm³/mol. The van der Waals surface area contributed by atoms with Gasteiger partial charge in [0.05, 0.1) is 13.6 Å². The summed E-state index contributed by atoms with van der Waals surface area (Å²) in [5.74, 6) is 0.360. The van der Waals surface area contributed by atoms with Gasteiger partial charge in [-0.25, -0.2) is 4.79 Å². The number of nitrogens with zero attached hydrogens (tertiary/aromatic N) is 1. The SMILES string of the molecule is CC(=O)SCC(CCc1ccccc1)C(=O)NC1CC(C)C[N+](C)(Cc2ccccc2)C1=O. The molecule has 33 heavy (non-hydrogen) atoms. The zero-order valence-electron chi connectivity index (χ0n) is 19.8. The molecule has 2 aromatic rings. The minimum Gasteiger partial charge on any atom is -0.341 e. The van der Waals surface area contributed by atoms with Crippen LogP contribution in [0.15, 0.2) is 60.7 Å². The van der Waals surface area contributed by atoms with Crippen molar-refractivity contribution in [3.8, 4) is 0 Å². The second kappa shape index (κ2) is 11.6. The molecule has 1 N–H and O–H groups in total. The topological polar surface area (TPSA) is 63.2 Å². The van der Waals surface area contributed by atoms with E-state index >= 15 is 0 Å². The first-order valence-corrected chi connectivity index (χ1v) is 12.7. The van der Waals surface area contributed by atoms with Crippen molar-refractivity contribution in [1.82, 2.24) is 5.32 Å². The number of aryl methyl sites for hydroxylation is 1. The number of likely N-dealkylation sites (tertiary alicyclic amines) is 1. The normalized spacial score (nSPS) is 23.7. The Bertz CT molecular complexity index is 950. The van der Waals surface area contributed by atoms with Gasteiger partial charge in [0.1, 0.15) is 12.6 Å². The number of carbonyl (C=O) groups excluding carboxylic acids is 3. The number of piperidine rings is 1. The van der Waals surface area contributed by atoms with Gasteiger partial charge < -0.3 is 5.32 Å². The fourth-order valence-corrected chi connectivity index (χ4v) is 5.52. The number of hydrogen-bond donors (Lipinski definition) is 1. The lowest BCUT2D eigenvalue weighted by atomic mass is 9.91. The Kier molecular flexibility index (Phi) is 8.87. The summed E-state index contributed by atoms with van der Waals surface area (Å²) in [4.78, 5) is 38.3. The van der Waals surface area contributed by atoms with Crippen LogP contribution < -0.4 is 5.32 Å². The fraction of sp³-hybridized carbons (Fsp3) is 0.444. The van der Waals surface area contributed by atoms with Crippen molar-refractivity contribution in [1.29, 1.82) is 0 Å². The Morgan fingerprint density at radius 3 is 2.27 bits per heavy atom. The van der Waals surface area contributed by atoms with Crippen LogP contribution in [0.25, 0.3) is 0 Å². The van der Waals surface area contributed by atoms with E-state index in [1.54, 1.807) is 0 Å². The zero-order valence-corrected chi connectivity index (χ0v) is 20.6. The monoisotopic (exact) mass is 467 g/mol. The lowest BCUT2D eigenvalue weighted by Gasteiger charge is -2.41. The molecule has 0 aliphatic carbocycles. The molecule has 3 rings (SSSR count). The van der Waals surface area contributed by atoms with E-state index in [0.717, 1.165) is 24.1 Å². The number of benzene rings is 2. The summed E-state index contributed by atoms with van der Waals surface area (Å²) in [6.07, 6.45) is 2.05. The van der Waals surface area contributed by atoms with E-state index in [4.69, 9.17) is 0 Å². The molecule has 1 saturated heterocycles. The highest BCUT2D eigenvalue weighted by atomic mass is 32.2. The highest BCUT2D eigenvalue weighted by Crippen LogP contribution is 2.27. The molecule has 1 fully saturated rings. The van der Waals surface area contributed by atoms with Gasteiger partial charge in [0.25, 0.3) is 0 Å². The Hall–Kier alpha value is -2.44. The van der Waals surface area contributed by atoms with Crippen molar-refractivity contribution in [3.63, 3.8) is 0 Å². The van der Waals surface area contributed by atoms with Crippen molar-refractivity contribution in [2.24, 2.45) is 11.8 Å². The van der Waals surface area contributed by atoms with E-state index in [0.29, 0.717) is 31.1 Å². The molecular formula is C27H35N2O3S+. The third-order valence-electron chi connectivity index (χ3n) is 6.36. The van der Waals surface area contributed by atoms with Gasteiger partial charge in [0.2, 0.25) is 5.91 Å². The highest BCUT2D eigenvalue weighted by Gasteiger charge is 2.45. The summed E-state index contributed by atoms with van der Waals surface area (Å²) in [5, 5.41) is 3.07. The van der Waals surface area contributed by atoms with Crippen LogP contribution in [0.3, 0.4) is 0 Å². The lowest BCUT2D eigenvalue weighted by molar-refractivity contribution is -0.855. The van der Waals surface area contributed by atoms with Crippen LogP contribution in [0.4, 0.5) is 0 Å². The van der Waals surface area contributed by atoms with E-state index in [1.165, 1.54) is 18.7 Å². The molecule has 2 amide bonds. The summed E-state index contributed by atoms with van der Waals surface area (Å²) >= 11 is 1.18. The lowest BCUT2D eigenvalue weighted by Crippen LogP contribution is -2.63. The van der Waals surface area contributed by atoms with Crippen molar-refractivity contribution in [2.75, 3.05) is 19.3 Å². The molecule has 4 atom stereocenters. The molecule has 0 saturated carbocycles. The third kappa shape index (κ3) is 7.27. The van der Waals surface area contributed by atoms with E-state index in [1.807, 2.05) is 67.7 Å². The fourth-order valence-electron chi connectivity index (χ4n) is 4.76. The first kappa shape index (κ1) is 25.2. The van der Waals surface area contributed by atoms with E-state index in [2.05, 4.69) is 12.2 Å². The molecule has 2 aromatic carbocycles. The molecule has 1 aliphatic heterocycles. The molecule has 4 unspecified atom stereocenters. The average molecular weight is 468 g/mol. The zero-order chi connectivity index (χ0) is 23.8. The van der Waals surface area contributed by atoms with Crippen molar-refractivity contribution >= 4 is 28.7 Å². The maximum atomic E-state index is 13.5. The van der Waals surface area contributed by atoms with Crippen LogP contribution in [-0.2, 0) is 27.3 Å². The smallest absolute Gasteiger partial charge is 0.336 e. The third-order valence-corrected chi connectivity index (χ3v) is 7.33. The molecule has 0 aromatic heterocycles. The van der Waals surface area contributed by atoms with Gasteiger partial charge in [0, 0.05) is 30.1 Å². The van der Waals surface area contributed by atoms with E-state index in [9.17, 15) is 14.4 Å². The van der Waals surface area contributed by atoms with E-state index in [-0.39, 0.29) is 27.3 Å². The van der Waals surface area contributed by atoms with E-state index < -0.39 is 6.04 Å². The summed E-state index contributed by atoms with van der Waals surface area (Å²) in [6, 6.07) is 19.6. The maximum Gasteiger partial charge on any atom is 0.336 e. The molecule has 0 radical (unpaired) electrons. The number of quaternary nitrogens is 1. The van der Waals surface area contributed by atoms with Crippen LogP contribution in [-0.4, -0.2) is 46.8 Å². The molecule has 0 bridgehead atoms. The number of thioether (sulfide) groups is 1. The van der Waals surface area contributed by atoms with Gasteiger partial charge in [0.15, 0.2) is 5.12 Å². The molecule has 176 valence electrons. The van der Waals surface area contributed by atoms with Gasteiger partial charge in [-0.2, -0.15) is 0 Å². The first-order chi connectivity index (χ1) is 15.8. The standard InChI is InChI=1S/C27H34N2O3S/c1-20-16-25(27(32)29(3,17-20)18-23-12-8-5-9-13-23)28-26(31)24(19-33-21(2)30)15-14-22-10-6-4-7-11-22/h4-13,20,24-25H,14-19H2,1-3H3/p+1. The number of amides is 2. The molecule has 1 heterocycles.